The van der Waals surface area contributed by atoms with Crippen LogP contribution in [-0.2, 0) is 35.2 Å². The van der Waals surface area contributed by atoms with E-state index in [2.05, 4.69) is 10.6 Å². The number of nitrogens with one attached hydrogen (secondary N) is 3. The van der Waals surface area contributed by atoms with Crippen LogP contribution in [0.3, 0.4) is 0 Å². The molecule has 0 aliphatic rings. The monoisotopic (exact) mass is 509 g/mol. The van der Waals surface area contributed by atoms with E-state index in [4.69, 9.17) is 21.7 Å². The molecule has 0 aliphatic carbocycles. The summed E-state index contributed by atoms with van der Waals surface area (Å²) < 4.78 is 0. The Morgan fingerprint density at radius 1 is 0.889 bits per heavy atom. The van der Waals surface area contributed by atoms with Crippen LogP contribution < -0.4 is 27.4 Å². The third-order valence-electron chi connectivity index (χ3n) is 5.00. The lowest BCUT2D eigenvalue weighted by atomic mass is 10.0. The molecule has 36 heavy (non-hydrogen) atoms. The van der Waals surface area contributed by atoms with Crippen LogP contribution in [0.5, 0.6) is 0 Å². The van der Waals surface area contributed by atoms with E-state index in [0.717, 1.165) is 12.5 Å². The Labute approximate surface area is 206 Å². The van der Waals surface area contributed by atoms with Gasteiger partial charge < -0.3 is 42.7 Å². The summed E-state index contributed by atoms with van der Waals surface area (Å²) in [5.41, 5.74) is 11.8. The Hall–Kier alpha value is -4.04. The maximum absolute atomic E-state index is 12.9. The van der Waals surface area contributed by atoms with Crippen LogP contribution in [0.25, 0.3) is 0 Å². The summed E-state index contributed by atoms with van der Waals surface area (Å²) in [6, 6.07) is 2.81. The van der Waals surface area contributed by atoms with E-state index in [1.54, 1.807) is 30.3 Å². The van der Waals surface area contributed by atoms with Crippen molar-refractivity contribution in [1.82, 2.24) is 16.0 Å². The number of aliphatic hydroxyl groups is 1. The van der Waals surface area contributed by atoms with Crippen LogP contribution in [0.4, 0.5) is 0 Å². The molecule has 0 saturated carbocycles. The molecular weight excluding hydrogens is 478 g/mol. The molecule has 198 valence electrons. The first kappa shape index (κ1) is 30.0. The van der Waals surface area contributed by atoms with E-state index in [-0.39, 0.29) is 12.8 Å². The summed E-state index contributed by atoms with van der Waals surface area (Å²) in [7, 11) is 0. The summed E-state index contributed by atoms with van der Waals surface area (Å²) in [6.45, 7) is 1.11. The minimum Gasteiger partial charge on any atom is -0.481 e. The van der Waals surface area contributed by atoms with Gasteiger partial charge in [0, 0.05) is 6.42 Å². The first-order chi connectivity index (χ1) is 16.8. The van der Waals surface area contributed by atoms with Gasteiger partial charge >= 0.3 is 11.9 Å². The zero-order valence-electron chi connectivity index (χ0n) is 19.5. The molecule has 10 N–H and O–H groups in total. The number of carboxylic acids is 2. The molecule has 0 saturated heterocycles. The third-order valence-corrected chi connectivity index (χ3v) is 5.00. The predicted octanol–water partition coefficient (Wildman–Crippen LogP) is -2.78. The molecule has 0 radical (unpaired) electrons. The Morgan fingerprint density at radius 2 is 1.44 bits per heavy atom. The number of amides is 4. The van der Waals surface area contributed by atoms with Crippen LogP contribution in [-0.4, -0.2) is 81.2 Å². The number of benzene rings is 1. The Morgan fingerprint density at radius 3 is 1.94 bits per heavy atom. The fourth-order valence-corrected chi connectivity index (χ4v) is 3.10. The second-order valence-electron chi connectivity index (χ2n) is 8.09. The molecule has 0 spiro atoms. The van der Waals surface area contributed by atoms with Gasteiger partial charge in [0.05, 0.1) is 18.6 Å². The third kappa shape index (κ3) is 10.5. The highest BCUT2D eigenvalue weighted by Crippen LogP contribution is 2.05. The smallest absolute Gasteiger partial charge is 0.328 e. The number of nitrogens with two attached hydrogens (primary N) is 2. The number of rotatable bonds is 15. The zero-order chi connectivity index (χ0) is 27.4. The molecule has 14 nitrogen and oxygen atoms in total. The molecule has 0 fully saturated rings. The maximum atomic E-state index is 12.9. The van der Waals surface area contributed by atoms with Gasteiger partial charge in [-0.2, -0.15) is 0 Å². The van der Waals surface area contributed by atoms with Crippen LogP contribution in [0, 0.1) is 0 Å². The van der Waals surface area contributed by atoms with Crippen molar-refractivity contribution in [3.8, 4) is 0 Å². The fourth-order valence-electron chi connectivity index (χ4n) is 3.10. The number of carboxylic acid groups (broad SMARTS) is 2. The largest absolute Gasteiger partial charge is 0.481 e. The van der Waals surface area contributed by atoms with E-state index in [1.165, 1.54) is 0 Å². The van der Waals surface area contributed by atoms with Crippen molar-refractivity contribution >= 4 is 35.6 Å². The Kier molecular flexibility index (Phi) is 12.0. The molecule has 0 aliphatic heterocycles. The maximum Gasteiger partial charge on any atom is 0.328 e. The number of hydrogen-bond donors (Lipinski definition) is 8. The summed E-state index contributed by atoms with van der Waals surface area (Å²) in [5.74, 6) is -6.78. The van der Waals surface area contributed by atoms with Crippen LogP contribution in [0.15, 0.2) is 30.3 Å². The van der Waals surface area contributed by atoms with Crippen molar-refractivity contribution in [3.05, 3.63) is 35.9 Å². The molecule has 1 aromatic carbocycles. The molecule has 14 heteroatoms. The van der Waals surface area contributed by atoms with Crippen LogP contribution >= 0.6 is 0 Å². The molecule has 0 heterocycles. The molecule has 1 rings (SSSR count). The summed E-state index contributed by atoms with van der Waals surface area (Å²) in [6.07, 6.45) is -3.02. The molecular formula is C22H31N5O9. The lowest BCUT2D eigenvalue weighted by molar-refractivity contribution is -0.145. The minimum absolute atomic E-state index is 0.128. The second-order valence-corrected chi connectivity index (χ2v) is 8.09. The zero-order valence-corrected chi connectivity index (χ0v) is 19.5. The second kappa shape index (κ2) is 14.4. The highest BCUT2D eigenvalue weighted by Gasteiger charge is 2.32. The number of primary amides is 1. The van der Waals surface area contributed by atoms with Crippen molar-refractivity contribution in [1.29, 1.82) is 0 Å². The summed E-state index contributed by atoms with van der Waals surface area (Å²) >= 11 is 0. The van der Waals surface area contributed by atoms with Crippen LogP contribution in [0.1, 0.15) is 31.7 Å². The van der Waals surface area contributed by atoms with E-state index < -0.39 is 78.7 Å². The van der Waals surface area contributed by atoms with Crippen molar-refractivity contribution in [3.63, 3.8) is 0 Å². The number of carbonyl (C=O) groups is 6. The molecule has 5 unspecified atom stereocenters. The minimum atomic E-state index is -1.75. The van der Waals surface area contributed by atoms with Crippen molar-refractivity contribution in [2.45, 2.75) is 62.9 Å². The van der Waals surface area contributed by atoms with E-state index in [0.29, 0.717) is 0 Å². The van der Waals surface area contributed by atoms with Gasteiger partial charge in [0.15, 0.2) is 6.04 Å². The first-order valence-electron chi connectivity index (χ1n) is 10.9. The molecule has 0 bridgehead atoms. The molecule has 5 atom stereocenters. The van der Waals surface area contributed by atoms with Crippen molar-refractivity contribution < 1.29 is 44.1 Å². The average Bonchev–Trinajstić information content (AvgIpc) is 2.78. The topological polar surface area (TPSA) is 251 Å². The highest BCUT2D eigenvalue weighted by molar-refractivity contribution is 5.96. The van der Waals surface area contributed by atoms with E-state index >= 15 is 0 Å². The molecule has 0 aromatic heterocycles. The van der Waals surface area contributed by atoms with Gasteiger partial charge in [0.2, 0.25) is 23.6 Å². The number of hydrogen-bond acceptors (Lipinski definition) is 8. The Bertz CT molecular complexity index is 954. The summed E-state index contributed by atoms with van der Waals surface area (Å²) in [5, 5.41) is 34.2. The standard InChI is InChI=1S/C22H31N5O9/c1-11(28)18(22(35)36)27-21(34)15(10-16(24)29)26-20(33)14(7-8-17(30)31)25-19(32)13(23)9-12-5-3-2-4-6-12/h2-6,11,13-15,18,28H,7-10,23H2,1H3,(H2,24,29)(H,25,32)(H,26,33)(H,27,34)(H,30,31)(H,35,36). The SMILES string of the molecule is CC(O)C(NC(=O)C(CC(N)=O)NC(=O)C(CCC(=O)O)NC(=O)C(N)Cc1ccccc1)C(=O)O. The number of carbonyl (C=O) groups excluding carboxylic acids is 4. The van der Waals surface area contributed by atoms with E-state index in [1.807, 2.05) is 5.32 Å². The number of aliphatic hydroxyl groups excluding tert-OH is 1. The van der Waals surface area contributed by atoms with Gasteiger partial charge in [-0.05, 0) is 25.3 Å². The van der Waals surface area contributed by atoms with Gasteiger partial charge in [0.25, 0.3) is 0 Å². The van der Waals surface area contributed by atoms with E-state index in [9.17, 15) is 33.9 Å². The lowest BCUT2D eigenvalue weighted by Crippen LogP contribution is -2.59. The predicted molar refractivity (Wildman–Crippen MR) is 124 cm³/mol. The van der Waals surface area contributed by atoms with Crippen molar-refractivity contribution in [2.24, 2.45) is 11.5 Å². The molecule has 4 amide bonds. The van der Waals surface area contributed by atoms with Gasteiger partial charge in [-0.3, -0.25) is 24.0 Å². The average molecular weight is 510 g/mol. The fraction of sp³-hybridized carbons (Fsp3) is 0.455. The Balaban J connectivity index is 3.00. The van der Waals surface area contributed by atoms with Crippen LogP contribution in [0.2, 0.25) is 0 Å². The number of aliphatic carboxylic acids is 2. The van der Waals surface area contributed by atoms with Gasteiger partial charge in [0.1, 0.15) is 12.1 Å². The van der Waals surface area contributed by atoms with Gasteiger partial charge in [-0.15, -0.1) is 0 Å². The van der Waals surface area contributed by atoms with Gasteiger partial charge in [-0.1, -0.05) is 30.3 Å². The summed E-state index contributed by atoms with van der Waals surface area (Å²) in [4.78, 5) is 71.7. The first-order valence-corrected chi connectivity index (χ1v) is 10.9. The lowest BCUT2D eigenvalue weighted by Gasteiger charge is -2.25. The molecule has 1 aromatic rings. The van der Waals surface area contributed by atoms with Gasteiger partial charge in [-0.25, -0.2) is 4.79 Å². The highest BCUT2D eigenvalue weighted by atomic mass is 16.4. The normalized spacial score (nSPS) is 14.9. The van der Waals surface area contributed by atoms with Crippen molar-refractivity contribution in [2.75, 3.05) is 0 Å². The quantitative estimate of drug-likeness (QED) is 0.121.